The minimum absolute atomic E-state index is 0.132. The van der Waals surface area contributed by atoms with Crippen LogP contribution in [0.3, 0.4) is 0 Å². The Morgan fingerprint density at radius 1 is 0.955 bits per heavy atom. The molecule has 1 aliphatic rings. The van der Waals surface area contributed by atoms with Crippen LogP contribution in [0.1, 0.15) is 29.6 Å². The first-order valence-electron chi connectivity index (χ1n) is 7.40. The monoisotopic (exact) mass is 291 g/mol. The SMILES string of the molecule is Nc1nc2n(n1)[C@H](c1ccccc1)C[C@H](c1ccccc1)N2. The highest BCUT2D eigenvalue weighted by Crippen LogP contribution is 2.37. The fourth-order valence-corrected chi connectivity index (χ4v) is 3.05. The van der Waals surface area contributed by atoms with E-state index in [9.17, 15) is 0 Å². The number of hydrogen-bond acceptors (Lipinski definition) is 4. The van der Waals surface area contributed by atoms with Crippen LogP contribution in [0, 0.1) is 0 Å². The zero-order valence-corrected chi connectivity index (χ0v) is 12.1. The number of fused-ring (bicyclic) bond motifs is 1. The second-order valence-corrected chi connectivity index (χ2v) is 5.51. The average Bonchev–Trinajstić information content (AvgIpc) is 2.95. The van der Waals surface area contributed by atoms with Crippen LogP contribution < -0.4 is 11.1 Å². The molecule has 5 nitrogen and oxygen atoms in total. The summed E-state index contributed by atoms with van der Waals surface area (Å²) in [7, 11) is 0. The van der Waals surface area contributed by atoms with Crippen molar-refractivity contribution in [2.24, 2.45) is 0 Å². The van der Waals surface area contributed by atoms with Crippen molar-refractivity contribution in [1.29, 1.82) is 0 Å². The second-order valence-electron chi connectivity index (χ2n) is 5.51. The molecule has 3 N–H and O–H groups in total. The lowest BCUT2D eigenvalue weighted by Gasteiger charge is -2.31. The Labute approximate surface area is 128 Å². The summed E-state index contributed by atoms with van der Waals surface area (Å²) in [5.74, 6) is 1.03. The molecule has 0 aliphatic carbocycles. The third-order valence-electron chi connectivity index (χ3n) is 4.09. The molecule has 0 bridgehead atoms. The van der Waals surface area contributed by atoms with Gasteiger partial charge in [-0.2, -0.15) is 4.98 Å². The van der Waals surface area contributed by atoms with Gasteiger partial charge in [-0.05, 0) is 17.5 Å². The van der Waals surface area contributed by atoms with Crippen molar-refractivity contribution >= 4 is 11.9 Å². The van der Waals surface area contributed by atoms with Crippen LogP contribution in [-0.4, -0.2) is 14.8 Å². The fourth-order valence-electron chi connectivity index (χ4n) is 3.05. The molecule has 3 aromatic rings. The smallest absolute Gasteiger partial charge is 0.241 e. The summed E-state index contributed by atoms with van der Waals surface area (Å²) < 4.78 is 1.89. The van der Waals surface area contributed by atoms with E-state index in [4.69, 9.17) is 5.73 Å². The Hall–Kier alpha value is -2.82. The molecule has 0 saturated heterocycles. The van der Waals surface area contributed by atoms with E-state index in [0.29, 0.717) is 5.95 Å². The normalized spacial score (nSPS) is 20.2. The lowest BCUT2D eigenvalue weighted by atomic mass is 9.93. The van der Waals surface area contributed by atoms with Gasteiger partial charge in [0.05, 0.1) is 12.1 Å². The summed E-state index contributed by atoms with van der Waals surface area (Å²) in [6.07, 6.45) is 0.907. The summed E-state index contributed by atoms with van der Waals surface area (Å²) >= 11 is 0. The van der Waals surface area contributed by atoms with Gasteiger partial charge in [-0.25, -0.2) is 4.68 Å². The molecule has 0 unspecified atom stereocenters. The van der Waals surface area contributed by atoms with Crippen LogP contribution in [0.15, 0.2) is 60.7 Å². The highest BCUT2D eigenvalue weighted by molar-refractivity contribution is 5.41. The van der Waals surface area contributed by atoms with E-state index >= 15 is 0 Å². The van der Waals surface area contributed by atoms with Crippen LogP contribution in [0.5, 0.6) is 0 Å². The van der Waals surface area contributed by atoms with Crippen LogP contribution in [0.2, 0.25) is 0 Å². The number of nitrogens with two attached hydrogens (primary N) is 1. The maximum Gasteiger partial charge on any atom is 0.241 e. The van der Waals surface area contributed by atoms with E-state index in [2.05, 4.69) is 63.9 Å². The maximum atomic E-state index is 5.80. The topological polar surface area (TPSA) is 68.8 Å². The predicted octanol–water partition coefficient (Wildman–Crippen LogP) is 3.01. The number of aromatic nitrogens is 3. The Balaban J connectivity index is 1.77. The zero-order chi connectivity index (χ0) is 14.9. The first-order valence-corrected chi connectivity index (χ1v) is 7.40. The highest BCUT2D eigenvalue weighted by atomic mass is 15.4. The van der Waals surface area contributed by atoms with Gasteiger partial charge in [0.25, 0.3) is 0 Å². The van der Waals surface area contributed by atoms with Gasteiger partial charge in [0, 0.05) is 0 Å². The fraction of sp³-hybridized carbons (Fsp3) is 0.176. The average molecular weight is 291 g/mol. The number of benzene rings is 2. The third-order valence-corrected chi connectivity index (χ3v) is 4.09. The van der Waals surface area contributed by atoms with Gasteiger partial charge in [-0.15, -0.1) is 5.10 Å². The Kier molecular flexibility index (Phi) is 3.04. The Morgan fingerprint density at radius 2 is 1.59 bits per heavy atom. The number of hydrogen-bond donors (Lipinski definition) is 2. The molecule has 4 rings (SSSR count). The molecule has 1 aliphatic heterocycles. The van der Waals surface area contributed by atoms with Crippen molar-refractivity contribution in [3.8, 4) is 0 Å². The van der Waals surface area contributed by atoms with Gasteiger partial charge in [0.2, 0.25) is 11.9 Å². The van der Waals surface area contributed by atoms with Crippen LogP contribution in [-0.2, 0) is 0 Å². The zero-order valence-electron chi connectivity index (χ0n) is 12.1. The van der Waals surface area contributed by atoms with Gasteiger partial charge < -0.3 is 11.1 Å². The number of nitrogens with one attached hydrogen (secondary N) is 1. The van der Waals surface area contributed by atoms with Crippen LogP contribution >= 0.6 is 0 Å². The molecule has 5 heteroatoms. The predicted molar refractivity (Wildman–Crippen MR) is 86.4 cm³/mol. The van der Waals surface area contributed by atoms with Gasteiger partial charge in [-0.1, -0.05) is 60.7 Å². The first-order chi connectivity index (χ1) is 10.8. The van der Waals surface area contributed by atoms with Crippen molar-refractivity contribution in [2.45, 2.75) is 18.5 Å². The third kappa shape index (κ3) is 2.20. The molecule has 110 valence electrons. The molecule has 22 heavy (non-hydrogen) atoms. The molecule has 0 amide bonds. The summed E-state index contributed by atoms with van der Waals surface area (Å²) in [6, 6.07) is 21.1. The molecular formula is C17H17N5. The molecule has 2 atom stereocenters. The lowest BCUT2D eigenvalue weighted by Crippen LogP contribution is -2.28. The maximum absolute atomic E-state index is 5.80. The molecule has 0 saturated carbocycles. The van der Waals surface area contributed by atoms with E-state index in [1.165, 1.54) is 11.1 Å². The number of nitrogens with zero attached hydrogens (tertiary/aromatic N) is 3. The number of nitrogen functional groups attached to an aromatic ring is 1. The minimum atomic E-state index is 0.132. The van der Waals surface area contributed by atoms with Gasteiger partial charge >= 0.3 is 0 Å². The van der Waals surface area contributed by atoms with Crippen molar-refractivity contribution in [3.63, 3.8) is 0 Å². The number of anilines is 2. The Morgan fingerprint density at radius 3 is 2.27 bits per heavy atom. The summed E-state index contributed by atoms with van der Waals surface area (Å²) in [5.41, 5.74) is 8.26. The molecular weight excluding hydrogens is 274 g/mol. The van der Waals surface area contributed by atoms with Crippen LogP contribution in [0.4, 0.5) is 11.9 Å². The molecule has 1 aromatic heterocycles. The van der Waals surface area contributed by atoms with Crippen molar-refractivity contribution in [1.82, 2.24) is 14.8 Å². The molecule has 2 heterocycles. The second kappa shape index (κ2) is 5.18. The van der Waals surface area contributed by atoms with Crippen molar-refractivity contribution < 1.29 is 0 Å². The minimum Gasteiger partial charge on any atom is -0.366 e. The van der Waals surface area contributed by atoms with Gasteiger partial charge in [0.1, 0.15) is 0 Å². The lowest BCUT2D eigenvalue weighted by molar-refractivity contribution is 0.431. The van der Waals surface area contributed by atoms with E-state index in [-0.39, 0.29) is 12.1 Å². The van der Waals surface area contributed by atoms with Crippen molar-refractivity contribution in [3.05, 3.63) is 71.8 Å². The van der Waals surface area contributed by atoms with Gasteiger partial charge in [-0.3, -0.25) is 0 Å². The molecule has 2 aromatic carbocycles. The highest BCUT2D eigenvalue weighted by Gasteiger charge is 2.30. The Bertz CT molecular complexity index is 766. The summed E-state index contributed by atoms with van der Waals surface area (Å²) in [4.78, 5) is 4.32. The standard InChI is InChI=1S/C17H17N5/c18-16-20-17-19-14(12-7-3-1-4-8-12)11-15(22(17)21-16)13-9-5-2-6-10-13/h1-10,14-15H,11H2,(H3,18,19,20,21)/t14-,15+/m1/s1. The van der Waals surface area contributed by atoms with E-state index in [1.54, 1.807) is 0 Å². The van der Waals surface area contributed by atoms with Crippen molar-refractivity contribution in [2.75, 3.05) is 11.1 Å². The van der Waals surface area contributed by atoms with E-state index in [1.807, 2.05) is 16.8 Å². The first kappa shape index (κ1) is 12.9. The molecule has 0 spiro atoms. The number of rotatable bonds is 2. The van der Waals surface area contributed by atoms with E-state index in [0.717, 1.165) is 12.4 Å². The van der Waals surface area contributed by atoms with Crippen LogP contribution in [0.25, 0.3) is 0 Å². The summed E-state index contributed by atoms with van der Waals surface area (Å²) in [6.45, 7) is 0. The van der Waals surface area contributed by atoms with E-state index < -0.39 is 0 Å². The summed E-state index contributed by atoms with van der Waals surface area (Å²) in [5, 5.41) is 7.80. The molecule has 0 fully saturated rings. The van der Waals surface area contributed by atoms with Gasteiger partial charge in [0.15, 0.2) is 0 Å². The molecule has 0 radical (unpaired) electrons. The largest absolute Gasteiger partial charge is 0.366 e. The quantitative estimate of drug-likeness (QED) is 0.761.